The largest absolute Gasteiger partial charge is 0.417 e. The highest BCUT2D eigenvalue weighted by atomic mass is 19.4. The molecule has 258 valence electrons. The Labute approximate surface area is 278 Å². The SMILES string of the molecule is N#CC(=C1C(=C(\C#N)c2c(C(F)(F)F)cc(C#N)cc2C(F)(F)F)/C1=C(\C#N)c1c(F)c(F)c(C#N)c(F)c1F)c1c(F)c(F)c(C#N)c(F)c1F. The Balaban J connectivity index is 2.45. The molecule has 0 unspecified atom stereocenters. The maximum absolute atomic E-state index is 15.2. The highest BCUT2D eigenvalue weighted by Crippen LogP contribution is 2.58. The van der Waals surface area contributed by atoms with Crippen LogP contribution >= 0.6 is 0 Å². The number of nitriles is 6. The van der Waals surface area contributed by atoms with Crippen molar-refractivity contribution in [2.45, 2.75) is 12.4 Å². The molecule has 3 aromatic carbocycles. The first kappa shape index (κ1) is 37.7. The normalized spacial score (nSPS) is 15.3. The molecule has 0 spiro atoms. The van der Waals surface area contributed by atoms with E-state index in [0.29, 0.717) is 0 Å². The van der Waals surface area contributed by atoms with Crippen LogP contribution in [0.1, 0.15) is 44.5 Å². The van der Waals surface area contributed by atoms with E-state index in [1.54, 1.807) is 0 Å². The first-order valence-electron chi connectivity index (χ1n) is 12.9. The maximum atomic E-state index is 15.2. The zero-order valence-corrected chi connectivity index (χ0v) is 24.1. The molecule has 0 aliphatic heterocycles. The van der Waals surface area contributed by atoms with E-state index in [1.165, 1.54) is 0 Å². The molecule has 0 amide bonds. The number of hydrogen-bond donors (Lipinski definition) is 0. The summed E-state index contributed by atoms with van der Waals surface area (Å²) in [6.45, 7) is 0. The van der Waals surface area contributed by atoms with E-state index in [9.17, 15) is 59.7 Å². The quantitative estimate of drug-likeness (QED) is 0.150. The Hall–Kier alpha value is -7.16. The summed E-state index contributed by atoms with van der Waals surface area (Å²) >= 11 is 0. The van der Waals surface area contributed by atoms with E-state index in [4.69, 9.17) is 15.8 Å². The summed E-state index contributed by atoms with van der Waals surface area (Å²) in [7, 11) is 0. The summed E-state index contributed by atoms with van der Waals surface area (Å²) in [6.07, 6.45) is -11.8. The van der Waals surface area contributed by atoms with E-state index < -0.39 is 137 Å². The van der Waals surface area contributed by atoms with Gasteiger partial charge >= 0.3 is 12.4 Å². The molecule has 0 atom stereocenters. The average molecular weight is 736 g/mol. The van der Waals surface area contributed by atoms with Crippen LogP contribution in [-0.2, 0) is 12.4 Å². The average Bonchev–Trinajstić information content (AvgIpc) is 3.80. The molecule has 6 nitrogen and oxygen atoms in total. The van der Waals surface area contributed by atoms with Crippen LogP contribution in [-0.4, -0.2) is 0 Å². The molecule has 0 saturated heterocycles. The monoisotopic (exact) mass is 736 g/mol. The highest BCUT2D eigenvalue weighted by molar-refractivity contribution is 6.12. The van der Waals surface area contributed by atoms with Crippen molar-refractivity contribution < 1.29 is 61.5 Å². The molecule has 1 aliphatic carbocycles. The van der Waals surface area contributed by atoms with Gasteiger partial charge in [0.1, 0.15) is 41.5 Å². The number of allylic oxidation sites excluding steroid dienone is 6. The van der Waals surface area contributed by atoms with Crippen LogP contribution in [0, 0.1) is 115 Å². The number of rotatable bonds is 3. The van der Waals surface area contributed by atoms with E-state index in [-0.39, 0.29) is 12.1 Å². The van der Waals surface area contributed by atoms with Gasteiger partial charge in [0.2, 0.25) is 0 Å². The predicted molar refractivity (Wildman–Crippen MR) is 141 cm³/mol. The van der Waals surface area contributed by atoms with Gasteiger partial charge in [-0.1, -0.05) is 0 Å². The van der Waals surface area contributed by atoms with Crippen molar-refractivity contribution in [1.82, 2.24) is 0 Å². The van der Waals surface area contributed by atoms with Crippen LogP contribution in [0.2, 0.25) is 0 Å². The molecule has 0 radical (unpaired) electrons. The molecule has 0 bridgehead atoms. The van der Waals surface area contributed by atoms with E-state index >= 15 is 17.6 Å². The van der Waals surface area contributed by atoms with Crippen LogP contribution in [0.15, 0.2) is 28.9 Å². The number of benzene rings is 3. The second-order valence-electron chi connectivity index (χ2n) is 9.87. The number of halogens is 14. The number of hydrogen-bond acceptors (Lipinski definition) is 6. The fourth-order valence-corrected chi connectivity index (χ4v) is 4.97. The van der Waals surface area contributed by atoms with Crippen molar-refractivity contribution in [3.8, 4) is 36.4 Å². The second kappa shape index (κ2) is 12.9. The number of nitrogens with zero attached hydrogens (tertiary/aromatic N) is 6. The Morgan fingerprint density at radius 1 is 0.404 bits per heavy atom. The molecular weight excluding hydrogens is 734 g/mol. The Morgan fingerprint density at radius 3 is 0.885 bits per heavy atom. The smallest absolute Gasteiger partial charge is 0.203 e. The second-order valence-corrected chi connectivity index (χ2v) is 9.87. The maximum Gasteiger partial charge on any atom is 0.417 e. The Morgan fingerprint density at radius 2 is 0.673 bits per heavy atom. The zero-order valence-electron chi connectivity index (χ0n) is 24.1. The van der Waals surface area contributed by atoms with Gasteiger partial charge < -0.3 is 0 Å². The minimum atomic E-state index is -5.92. The first-order chi connectivity index (χ1) is 24.2. The van der Waals surface area contributed by atoms with E-state index in [1.807, 2.05) is 0 Å². The van der Waals surface area contributed by atoms with Crippen molar-refractivity contribution in [3.05, 3.63) is 120 Å². The molecule has 1 fully saturated rings. The van der Waals surface area contributed by atoms with Gasteiger partial charge in [0.05, 0.1) is 50.6 Å². The Kier molecular flexibility index (Phi) is 9.37. The van der Waals surface area contributed by atoms with Crippen LogP contribution < -0.4 is 0 Å². The van der Waals surface area contributed by atoms with Crippen LogP contribution in [0.25, 0.3) is 16.7 Å². The van der Waals surface area contributed by atoms with Gasteiger partial charge in [0, 0.05) is 22.3 Å². The molecule has 4 rings (SSSR count). The summed E-state index contributed by atoms with van der Waals surface area (Å²) in [5, 5.41) is 56.6. The summed E-state index contributed by atoms with van der Waals surface area (Å²) in [5.41, 5.74) is -27.3. The summed E-state index contributed by atoms with van der Waals surface area (Å²) < 4.78 is 205. The molecule has 0 aromatic heterocycles. The summed E-state index contributed by atoms with van der Waals surface area (Å²) in [4.78, 5) is 0. The summed E-state index contributed by atoms with van der Waals surface area (Å²) in [5.74, 6) is -20.6. The van der Waals surface area contributed by atoms with Crippen LogP contribution in [0.3, 0.4) is 0 Å². The zero-order chi connectivity index (χ0) is 39.4. The third-order valence-electron chi connectivity index (χ3n) is 7.15. The number of alkyl halides is 6. The Bertz CT molecular complexity index is 2320. The van der Waals surface area contributed by atoms with Gasteiger partial charge in [-0.05, 0) is 12.1 Å². The summed E-state index contributed by atoms with van der Waals surface area (Å²) in [6, 6.07) is 4.64. The van der Waals surface area contributed by atoms with Gasteiger partial charge in [0.25, 0.3) is 0 Å². The van der Waals surface area contributed by atoms with Crippen molar-refractivity contribution >= 4 is 16.7 Å². The topological polar surface area (TPSA) is 143 Å². The highest BCUT2D eigenvalue weighted by Gasteiger charge is 2.49. The van der Waals surface area contributed by atoms with Gasteiger partial charge in [-0.2, -0.15) is 57.9 Å². The standard InChI is InChI=1S/C32H2F14N6/c33-23-13(7-51)24(34)28(38)21(27(23)37)11(5-49)19-18(20(19)12(6-50)22-29(39)25(35)14(8-52)26(36)30(22)40)10(4-48)17-15(31(41,42)43)1-9(3-47)2-16(17)32(44,45)46/h1-2H/b18-10-,19-11?,20-12-. The lowest BCUT2D eigenvalue weighted by atomic mass is 9.90. The van der Waals surface area contributed by atoms with E-state index in [2.05, 4.69) is 0 Å². The minimum Gasteiger partial charge on any atom is -0.203 e. The molecule has 0 heterocycles. The van der Waals surface area contributed by atoms with Crippen LogP contribution in [0.5, 0.6) is 0 Å². The molecule has 52 heavy (non-hydrogen) atoms. The third kappa shape index (κ3) is 5.69. The fourth-order valence-electron chi connectivity index (χ4n) is 4.97. The lowest BCUT2D eigenvalue weighted by Crippen LogP contribution is -2.17. The lowest BCUT2D eigenvalue weighted by Gasteiger charge is -2.19. The fraction of sp³-hybridized carbons (Fsp3) is 0.0625. The molecule has 3 aromatic rings. The van der Waals surface area contributed by atoms with E-state index in [0.717, 1.165) is 36.4 Å². The van der Waals surface area contributed by atoms with Crippen molar-refractivity contribution in [3.63, 3.8) is 0 Å². The van der Waals surface area contributed by atoms with Gasteiger partial charge in [-0.3, -0.25) is 0 Å². The first-order valence-corrected chi connectivity index (χ1v) is 12.9. The van der Waals surface area contributed by atoms with Crippen molar-refractivity contribution in [2.75, 3.05) is 0 Å². The molecule has 1 aliphatic rings. The van der Waals surface area contributed by atoms with Crippen LogP contribution in [0.4, 0.5) is 61.5 Å². The molecule has 0 N–H and O–H groups in total. The van der Waals surface area contributed by atoms with Crippen molar-refractivity contribution in [2.24, 2.45) is 0 Å². The van der Waals surface area contributed by atoms with Crippen molar-refractivity contribution in [1.29, 1.82) is 31.6 Å². The molecule has 1 saturated carbocycles. The minimum absolute atomic E-state index is 0.219. The van der Waals surface area contributed by atoms with Gasteiger partial charge in [-0.25, -0.2) is 35.1 Å². The molecular formula is C32H2F14N6. The van der Waals surface area contributed by atoms with Gasteiger partial charge in [-0.15, -0.1) is 0 Å². The lowest BCUT2D eigenvalue weighted by molar-refractivity contribution is -0.143. The molecule has 20 heteroatoms. The predicted octanol–water partition coefficient (Wildman–Crippen LogP) is 8.70. The third-order valence-corrected chi connectivity index (χ3v) is 7.15. The van der Waals surface area contributed by atoms with Gasteiger partial charge in [0.15, 0.2) is 46.5 Å².